The molecule has 0 aliphatic carbocycles. The maximum Gasteiger partial charge on any atom is 0.148 e. The highest BCUT2D eigenvalue weighted by Gasteiger charge is 2.27. The average Bonchev–Trinajstić information content (AvgIpc) is 2.31. The van der Waals surface area contributed by atoms with Gasteiger partial charge in [0.25, 0.3) is 0 Å². The fourth-order valence-corrected chi connectivity index (χ4v) is 2.61. The van der Waals surface area contributed by atoms with Gasteiger partial charge in [0.2, 0.25) is 0 Å². The summed E-state index contributed by atoms with van der Waals surface area (Å²) >= 11 is 0. The van der Waals surface area contributed by atoms with Gasteiger partial charge in [-0.3, -0.25) is 4.90 Å². The summed E-state index contributed by atoms with van der Waals surface area (Å²) in [6.45, 7) is 4.39. The lowest BCUT2D eigenvalue weighted by Crippen LogP contribution is -2.55. The Morgan fingerprint density at radius 1 is 1.42 bits per heavy atom. The van der Waals surface area contributed by atoms with E-state index >= 15 is 0 Å². The van der Waals surface area contributed by atoms with E-state index < -0.39 is 9.84 Å². The van der Waals surface area contributed by atoms with Crippen LogP contribution in [0.2, 0.25) is 0 Å². The van der Waals surface area contributed by atoms with Crippen LogP contribution in [0.25, 0.3) is 0 Å². The van der Waals surface area contributed by atoms with Crippen molar-refractivity contribution in [1.82, 2.24) is 14.9 Å². The van der Waals surface area contributed by atoms with Gasteiger partial charge in [0.05, 0.1) is 11.8 Å². The number of nitrogens with one attached hydrogen (secondary N) is 1. The van der Waals surface area contributed by atoms with Gasteiger partial charge < -0.3 is 5.32 Å². The first-order valence-electron chi connectivity index (χ1n) is 6.44. The van der Waals surface area contributed by atoms with E-state index in [9.17, 15) is 8.42 Å². The fourth-order valence-electron chi connectivity index (χ4n) is 2.02. The van der Waals surface area contributed by atoms with Gasteiger partial charge in [-0.05, 0) is 6.42 Å². The van der Waals surface area contributed by atoms with Crippen molar-refractivity contribution in [3.63, 3.8) is 0 Å². The molecule has 0 atom stereocenters. The zero-order chi connectivity index (χ0) is 13.9. The van der Waals surface area contributed by atoms with Gasteiger partial charge in [0.1, 0.15) is 22.0 Å². The second kappa shape index (κ2) is 5.83. The second-order valence-electron chi connectivity index (χ2n) is 4.98. The van der Waals surface area contributed by atoms with Crippen LogP contribution < -0.4 is 5.32 Å². The highest BCUT2D eigenvalue weighted by atomic mass is 32.2. The minimum absolute atomic E-state index is 0.229. The minimum Gasteiger partial charge on any atom is -0.365 e. The van der Waals surface area contributed by atoms with E-state index in [-0.39, 0.29) is 5.75 Å². The van der Waals surface area contributed by atoms with Gasteiger partial charge in [-0.1, -0.05) is 6.92 Å². The molecular formula is C12H20N4O2S. The highest BCUT2D eigenvalue weighted by molar-refractivity contribution is 7.90. The van der Waals surface area contributed by atoms with Crippen LogP contribution in [0.15, 0.2) is 12.4 Å². The minimum atomic E-state index is -2.86. The number of hydrogen-bond acceptors (Lipinski definition) is 6. The van der Waals surface area contributed by atoms with Crippen molar-refractivity contribution in [2.24, 2.45) is 0 Å². The molecule has 0 unspecified atom stereocenters. The molecule has 7 heteroatoms. The largest absolute Gasteiger partial charge is 0.365 e. The first kappa shape index (κ1) is 14.2. The maximum absolute atomic E-state index is 11.1. The first-order valence-corrected chi connectivity index (χ1v) is 8.50. The monoisotopic (exact) mass is 284 g/mol. The molecule has 1 aromatic heterocycles. The van der Waals surface area contributed by atoms with Gasteiger partial charge in [-0.25, -0.2) is 18.4 Å². The Morgan fingerprint density at radius 2 is 2.16 bits per heavy atom. The Kier molecular flexibility index (Phi) is 4.36. The molecule has 0 saturated carbocycles. The molecule has 2 rings (SSSR count). The molecule has 1 fully saturated rings. The summed E-state index contributed by atoms with van der Waals surface area (Å²) in [5.41, 5.74) is 1.02. The van der Waals surface area contributed by atoms with Crippen LogP contribution in [-0.2, 0) is 16.3 Å². The quantitative estimate of drug-likeness (QED) is 0.803. The van der Waals surface area contributed by atoms with Gasteiger partial charge >= 0.3 is 0 Å². The van der Waals surface area contributed by atoms with Crippen LogP contribution in [0.1, 0.15) is 12.6 Å². The molecule has 19 heavy (non-hydrogen) atoms. The summed E-state index contributed by atoms with van der Waals surface area (Å²) in [7, 11) is -2.86. The topological polar surface area (TPSA) is 75.2 Å². The fraction of sp³-hybridized carbons (Fsp3) is 0.667. The van der Waals surface area contributed by atoms with Crippen molar-refractivity contribution in [2.45, 2.75) is 19.4 Å². The number of anilines is 1. The summed E-state index contributed by atoms with van der Waals surface area (Å²) < 4.78 is 22.1. The van der Waals surface area contributed by atoms with E-state index in [2.05, 4.69) is 27.1 Å². The maximum atomic E-state index is 11.1. The molecule has 0 spiro atoms. The molecule has 1 aromatic rings. The third-order valence-corrected chi connectivity index (χ3v) is 4.10. The molecule has 1 aliphatic heterocycles. The molecule has 0 aromatic carbocycles. The van der Waals surface area contributed by atoms with Gasteiger partial charge in [0, 0.05) is 37.7 Å². The van der Waals surface area contributed by atoms with Crippen molar-refractivity contribution in [1.29, 1.82) is 0 Å². The number of hydrogen-bond donors (Lipinski definition) is 1. The molecule has 1 saturated heterocycles. The van der Waals surface area contributed by atoms with Crippen LogP contribution in [0.3, 0.4) is 0 Å². The SMILES string of the molecule is CCc1cc(NC2CN(CCS(C)(=O)=O)C2)ncn1. The molecule has 1 N–H and O–H groups in total. The standard InChI is InChI=1S/C12H20N4O2S/c1-3-10-6-12(14-9-13-10)15-11-7-16(8-11)4-5-19(2,17)18/h6,9,11H,3-5,7-8H2,1-2H3,(H,13,14,15). The average molecular weight is 284 g/mol. The first-order chi connectivity index (χ1) is 8.96. The molecule has 106 valence electrons. The van der Waals surface area contributed by atoms with Crippen LogP contribution in [0, 0.1) is 0 Å². The van der Waals surface area contributed by atoms with Crippen LogP contribution in [0.5, 0.6) is 0 Å². The number of rotatable bonds is 6. The van der Waals surface area contributed by atoms with Crippen LogP contribution in [0.4, 0.5) is 5.82 Å². The summed E-state index contributed by atoms with van der Waals surface area (Å²) in [5, 5.41) is 3.34. The summed E-state index contributed by atoms with van der Waals surface area (Å²) in [6, 6.07) is 2.30. The van der Waals surface area contributed by atoms with Crippen molar-refractivity contribution in [2.75, 3.05) is 37.0 Å². The molecule has 0 bridgehead atoms. The molecule has 6 nitrogen and oxygen atoms in total. The third kappa shape index (κ3) is 4.43. The van der Waals surface area contributed by atoms with E-state index in [0.717, 1.165) is 31.0 Å². The van der Waals surface area contributed by atoms with Gasteiger partial charge in [0.15, 0.2) is 0 Å². The lowest BCUT2D eigenvalue weighted by Gasteiger charge is -2.39. The van der Waals surface area contributed by atoms with Gasteiger partial charge in [-0.15, -0.1) is 0 Å². The van der Waals surface area contributed by atoms with Gasteiger partial charge in [-0.2, -0.15) is 0 Å². The Bertz CT molecular complexity index is 526. The Balaban J connectivity index is 1.75. The Labute approximate surface area is 114 Å². The zero-order valence-corrected chi connectivity index (χ0v) is 12.2. The van der Waals surface area contributed by atoms with Crippen molar-refractivity contribution >= 4 is 15.7 Å². The summed E-state index contributed by atoms with van der Waals surface area (Å²) in [6.07, 6.45) is 3.74. The van der Waals surface area contributed by atoms with E-state index in [1.54, 1.807) is 6.33 Å². The molecule has 0 radical (unpaired) electrons. The normalized spacial score (nSPS) is 17.2. The predicted molar refractivity (Wildman–Crippen MR) is 75.0 cm³/mol. The van der Waals surface area contributed by atoms with Crippen molar-refractivity contribution in [3.8, 4) is 0 Å². The smallest absolute Gasteiger partial charge is 0.148 e. The molecule has 0 amide bonds. The number of aryl methyl sites for hydroxylation is 1. The Morgan fingerprint density at radius 3 is 2.79 bits per heavy atom. The molecule has 2 heterocycles. The molecular weight excluding hydrogens is 264 g/mol. The zero-order valence-electron chi connectivity index (χ0n) is 11.3. The lowest BCUT2D eigenvalue weighted by atomic mass is 10.1. The van der Waals surface area contributed by atoms with E-state index in [1.165, 1.54) is 6.26 Å². The number of aromatic nitrogens is 2. The summed E-state index contributed by atoms with van der Waals surface area (Å²) in [5.74, 6) is 1.08. The number of likely N-dealkylation sites (tertiary alicyclic amines) is 1. The van der Waals surface area contributed by atoms with Crippen molar-refractivity contribution in [3.05, 3.63) is 18.1 Å². The number of nitrogens with zero attached hydrogens (tertiary/aromatic N) is 3. The molecule has 1 aliphatic rings. The summed E-state index contributed by atoms with van der Waals surface area (Å²) in [4.78, 5) is 10.5. The van der Waals surface area contributed by atoms with E-state index in [0.29, 0.717) is 12.6 Å². The second-order valence-corrected chi connectivity index (χ2v) is 7.24. The van der Waals surface area contributed by atoms with E-state index in [1.807, 2.05) is 6.07 Å². The Hall–Kier alpha value is -1.21. The van der Waals surface area contributed by atoms with Crippen molar-refractivity contribution < 1.29 is 8.42 Å². The predicted octanol–water partition coefficient (Wildman–Crippen LogP) is 0.180. The third-order valence-electron chi connectivity index (χ3n) is 3.17. The van der Waals surface area contributed by atoms with Crippen LogP contribution in [-0.4, -0.2) is 61.0 Å². The van der Waals surface area contributed by atoms with E-state index in [4.69, 9.17) is 0 Å². The van der Waals surface area contributed by atoms with Crippen LogP contribution >= 0.6 is 0 Å². The lowest BCUT2D eigenvalue weighted by molar-refractivity contribution is 0.172. The highest BCUT2D eigenvalue weighted by Crippen LogP contribution is 2.14. The number of sulfone groups is 1.